The summed E-state index contributed by atoms with van der Waals surface area (Å²) in [6, 6.07) is 10.1. The molecule has 0 aliphatic carbocycles. The zero-order chi connectivity index (χ0) is 21.8. The maximum absolute atomic E-state index is 13.8. The van der Waals surface area contributed by atoms with Crippen LogP contribution in [0.2, 0.25) is 5.02 Å². The monoisotopic (exact) mass is 432 g/mol. The molecular weight excluding hydrogens is 414 g/mol. The molecule has 0 radical (unpaired) electrons. The van der Waals surface area contributed by atoms with Gasteiger partial charge in [0.25, 0.3) is 5.91 Å². The molecule has 0 unspecified atom stereocenters. The van der Waals surface area contributed by atoms with Crippen molar-refractivity contribution >= 4 is 23.3 Å². The van der Waals surface area contributed by atoms with E-state index < -0.39 is 11.7 Å². The van der Waals surface area contributed by atoms with Crippen LogP contribution >= 0.6 is 11.6 Å². The summed E-state index contributed by atoms with van der Waals surface area (Å²) in [6.45, 7) is -0.187. The van der Waals surface area contributed by atoms with Gasteiger partial charge in [0.2, 0.25) is 5.82 Å². The van der Waals surface area contributed by atoms with Crippen LogP contribution in [0.25, 0.3) is 11.4 Å². The molecule has 0 saturated carbocycles. The molecule has 0 spiro atoms. The van der Waals surface area contributed by atoms with Crippen LogP contribution in [-0.4, -0.2) is 45.5 Å². The summed E-state index contributed by atoms with van der Waals surface area (Å²) in [4.78, 5) is 30.5. The molecule has 30 heavy (non-hydrogen) atoms. The number of nitrogens with zero attached hydrogens (tertiary/aromatic N) is 4. The van der Waals surface area contributed by atoms with E-state index in [1.54, 1.807) is 26.2 Å². The van der Waals surface area contributed by atoms with E-state index in [4.69, 9.17) is 11.6 Å². The lowest BCUT2D eigenvalue weighted by atomic mass is 10.1. The third-order valence-corrected chi connectivity index (χ3v) is 4.66. The Morgan fingerprint density at radius 2 is 1.90 bits per heavy atom. The number of hydrogen-bond donors (Lipinski definition) is 0. The highest BCUT2D eigenvalue weighted by Gasteiger charge is 2.22. The van der Waals surface area contributed by atoms with Gasteiger partial charge in [-0.15, -0.1) is 5.10 Å². The van der Waals surface area contributed by atoms with Crippen molar-refractivity contribution in [1.82, 2.24) is 19.7 Å². The predicted octanol–water partition coefficient (Wildman–Crippen LogP) is 3.78. The highest BCUT2D eigenvalue weighted by molar-refractivity contribution is 6.30. The molecule has 9 heteroatoms. The lowest BCUT2D eigenvalue weighted by Crippen LogP contribution is -2.27. The van der Waals surface area contributed by atoms with Crippen molar-refractivity contribution in [2.24, 2.45) is 0 Å². The van der Waals surface area contributed by atoms with Crippen molar-refractivity contribution in [2.45, 2.75) is 19.4 Å². The molecule has 0 aliphatic rings. The largest absolute Gasteiger partial charge is 0.342 e. The molecule has 0 N–H and O–H groups in total. The average molecular weight is 433 g/mol. The van der Waals surface area contributed by atoms with Gasteiger partial charge in [0.05, 0.1) is 5.02 Å². The maximum atomic E-state index is 13.8. The molecular formula is C21H19ClF2N4O2. The lowest BCUT2D eigenvalue weighted by molar-refractivity contribution is -0.119. The standard InChI is InChI=1S/C21H19ClF2N4O2/c1-27(2)21(30)20-25-19(14-7-9-17(22)18(24)11-14)26-28(20)12-16(29)8-6-13-4-3-5-15(23)10-13/h3-5,7,9-11H,6,8,12H2,1-2H3. The van der Waals surface area contributed by atoms with E-state index in [0.29, 0.717) is 17.5 Å². The van der Waals surface area contributed by atoms with Crippen LogP contribution in [0.3, 0.4) is 0 Å². The lowest BCUT2D eigenvalue weighted by Gasteiger charge is -2.10. The van der Waals surface area contributed by atoms with Crippen LogP contribution < -0.4 is 0 Å². The number of benzene rings is 2. The van der Waals surface area contributed by atoms with Crippen LogP contribution in [0, 0.1) is 11.6 Å². The van der Waals surface area contributed by atoms with Crippen molar-refractivity contribution in [1.29, 1.82) is 0 Å². The van der Waals surface area contributed by atoms with Gasteiger partial charge < -0.3 is 4.90 Å². The van der Waals surface area contributed by atoms with Gasteiger partial charge in [0.1, 0.15) is 18.2 Å². The van der Waals surface area contributed by atoms with Gasteiger partial charge in [-0.2, -0.15) is 0 Å². The van der Waals surface area contributed by atoms with E-state index in [9.17, 15) is 18.4 Å². The first-order chi connectivity index (χ1) is 14.2. The molecule has 2 aromatic carbocycles. The number of amides is 1. The van der Waals surface area contributed by atoms with E-state index in [1.165, 1.54) is 33.8 Å². The first kappa shape index (κ1) is 21.6. The fraction of sp³-hybridized carbons (Fsp3) is 0.238. The Kier molecular flexibility index (Phi) is 6.56. The van der Waals surface area contributed by atoms with Crippen LogP contribution in [0.5, 0.6) is 0 Å². The summed E-state index contributed by atoms with van der Waals surface area (Å²) in [5.74, 6) is -1.59. The van der Waals surface area contributed by atoms with Crippen LogP contribution in [0.15, 0.2) is 42.5 Å². The first-order valence-electron chi connectivity index (χ1n) is 9.12. The van der Waals surface area contributed by atoms with Crippen molar-refractivity contribution in [3.8, 4) is 11.4 Å². The molecule has 1 amide bonds. The SMILES string of the molecule is CN(C)C(=O)c1nc(-c2ccc(Cl)c(F)c2)nn1CC(=O)CCc1cccc(F)c1. The zero-order valence-electron chi connectivity index (χ0n) is 16.4. The van der Waals surface area contributed by atoms with Crippen molar-refractivity contribution in [3.63, 3.8) is 0 Å². The molecule has 0 fully saturated rings. The molecule has 6 nitrogen and oxygen atoms in total. The minimum absolute atomic E-state index is 0.0375. The van der Waals surface area contributed by atoms with Crippen molar-refractivity contribution < 1.29 is 18.4 Å². The molecule has 3 aromatic rings. The summed E-state index contributed by atoms with van der Waals surface area (Å²) in [5, 5.41) is 4.19. The smallest absolute Gasteiger partial charge is 0.290 e. The van der Waals surface area contributed by atoms with Crippen LogP contribution in [0.4, 0.5) is 8.78 Å². The van der Waals surface area contributed by atoms with E-state index >= 15 is 0 Å². The fourth-order valence-electron chi connectivity index (χ4n) is 2.79. The molecule has 3 rings (SSSR count). The maximum Gasteiger partial charge on any atom is 0.290 e. The number of ketones is 1. The number of hydrogen-bond acceptors (Lipinski definition) is 4. The number of carbonyl (C=O) groups is 2. The molecule has 0 aliphatic heterocycles. The number of aromatic nitrogens is 3. The first-order valence-corrected chi connectivity index (χ1v) is 9.50. The fourth-order valence-corrected chi connectivity index (χ4v) is 2.91. The van der Waals surface area contributed by atoms with E-state index in [0.717, 1.165) is 6.07 Å². The summed E-state index contributed by atoms with van der Waals surface area (Å²) in [6.07, 6.45) is 0.501. The van der Waals surface area contributed by atoms with Gasteiger partial charge in [0, 0.05) is 26.1 Å². The number of carbonyl (C=O) groups excluding carboxylic acids is 2. The predicted molar refractivity (Wildman–Crippen MR) is 108 cm³/mol. The molecule has 0 saturated heterocycles. The van der Waals surface area contributed by atoms with Crippen molar-refractivity contribution in [2.75, 3.05) is 14.1 Å². The third kappa shape index (κ3) is 5.07. The second-order valence-electron chi connectivity index (χ2n) is 6.91. The summed E-state index contributed by atoms with van der Waals surface area (Å²) >= 11 is 5.71. The Morgan fingerprint density at radius 3 is 2.57 bits per heavy atom. The second kappa shape index (κ2) is 9.13. The summed E-state index contributed by atoms with van der Waals surface area (Å²) in [5.41, 5.74) is 1.03. The molecule has 0 bridgehead atoms. The topological polar surface area (TPSA) is 68.1 Å². The van der Waals surface area contributed by atoms with E-state index in [-0.39, 0.29) is 41.2 Å². The normalized spacial score (nSPS) is 10.8. The minimum Gasteiger partial charge on any atom is -0.342 e. The number of rotatable bonds is 7. The van der Waals surface area contributed by atoms with Gasteiger partial charge in [-0.3, -0.25) is 9.59 Å². The number of aryl methyl sites for hydroxylation is 1. The van der Waals surface area contributed by atoms with E-state index in [1.807, 2.05) is 0 Å². The number of Topliss-reactive ketones (excluding diaryl/α,β-unsaturated/α-hetero) is 1. The Labute approximate surface area is 177 Å². The summed E-state index contributed by atoms with van der Waals surface area (Å²) in [7, 11) is 3.10. The van der Waals surface area contributed by atoms with Gasteiger partial charge >= 0.3 is 0 Å². The second-order valence-corrected chi connectivity index (χ2v) is 7.32. The Morgan fingerprint density at radius 1 is 1.13 bits per heavy atom. The van der Waals surface area contributed by atoms with Gasteiger partial charge in [-0.1, -0.05) is 23.7 Å². The van der Waals surface area contributed by atoms with Crippen molar-refractivity contribution in [3.05, 3.63) is 70.5 Å². The van der Waals surface area contributed by atoms with Crippen LogP contribution in [0.1, 0.15) is 22.6 Å². The Bertz CT molecular complexity index is 1100. The van der Waals surface area contributed by atoms with Gasteiger partial charge in [-0.05, 0) is 42.3 Å². The van der Waals surface area contributed by atoms with E-state index in [2.05, 4.69) is 10.1 Å². The zero-order valence-corrected chi connectivity index (χ0v) is 17.2. The quantitative estimate of drug-likeness (QED) is 0.569. The highest BCUT2D eigenvalue weighted by atomic mass is 35.5. The molecule has 1 aromatic heterocycles. The minimum atomic E-state index is -0.642. The molecule has 156 valence electrons. The van der Waals surface area contributed by atoms with Gasteiger partial charge in [-0.25, -0.2) is 18.4 Å². The molecule has 0 atom stereocenters. The highest BCUT2D eigenvalue weighted by Crippen LogP contribution is 2.22. The van der Waals surface area contributed by atoms with Gasteiger partial charge in [0.15, 0.2) is 11.6 Å². The average Bonchev–Trinajstić information content (AvgIpc) is 3.11. The van der Waals surface area contributed by atoms with Crippen LogP contribution in [-0.2, 0) is 17.8 Å². The Hall–Kier alpha value is -3.13. The Balaban J connectivity index is 1.82. The summed E-state index contributed by atoms with van der Waals surface area (Å²) < 4.78 is 28.3. The molecule has 1 heterocycles. The number of halogens is 3. The third-order valence-electron chi connectivity index (χ3n) is 4.35.